The first kappa shape index (κ1) is 23.2. The number of nitrogens with one attached hydrogen (secondary N) is 2. The minimum absolute atomic E-state index is 0. The topological polar surface area (TPSA) is 56.8 Å². The molecule has 0 aromatic carbocycles. The van der Waals surface area contributed by atoms with Crippen molar-refractivity contribution in [1.82, 2.24) is 20.4 Å². The van der Waals surface area contributed by atoms with E-state index in [2.05, 4.69) is 27.4 Å². The van der Waals surface area contributed by atoms with Gasteiger partial charge in [-0.05, 0) is 6.54 Å². The maximum atomic E-state index is 11.7. The molecule has 0 radical (unpaired) electrons. The van der Waals surface area contributed by atoms with Gasteiger partial charge in [-0.2, -0.15) is 0 Å². The van der Waals surface area contributed by atoms with Crippen molar-refractivity contribution in [2.45, 2.75) is 6.92 Å². The van der Waals surface area contributed by atoms with E-state index in [-0.39, 0.29) is 30.7 Å². The highest BCUT2D eigenvalue weighted by Crippen LogP contribution is 2.00. The Kier molecular flexibility index (Phi) is 16.3. The SMILES string of the molecule is CCN1CCN(CC(=O)NCCNCCOC)CC1.Cl.Cl. The second kappa shape index (κ2) is 14.8. The molecule has 0 unspecified atom stereocenters. The predicted octanol–water partition coefficient (Wildman–Crippen LogP) is -0.180. The number of amides is 1. The van der Waals surface area contributed by atoms with Gasteiger partial charge in [0.25, 0.3) is 0 Å². The van der Waals surface area contributed by atoms with Crippen LogP contribution in [-0.2, 0) is 9.53 Å². The molecule has 0 bridgehead atoms. The number of likely N-dealkylation sites (N-methyl/N-ethyl adjacent to an activating group) is 1. The standard InChI is InChI=1S/C13H28N4O2.2ClH/c1-3-16-7-9-17(10-8-16)12-13(18)15-5-4-14-6-11-19-2;;/h14H,3-12H2,1-2H3,(H,15,18);2*1H. The first-order valence-corrected chi connectivity index (χ1v) is 7.17. The van der Waals surface area contributed by atoms with Crippen molar-refractivity contribution in [2.75, 3.05) is 72.6 Å². The van der Waals surface area contributed by atoms with Gasteiger partial charge < -0.3 is 20.3 Å². The zero-order valence-corrected chi connectivity index (χ0v) is 14.7. The Balaban J connectivity index is 0. The van der Waals surface area contributed by atoms with Crippen LogP contribution in [0.5, 0.6) is 0 Å². The zero-order chi connectivity index (χ0) is 13.9. The van der Waals surface area contributed by atoms with Crippen molar-refractivity contribution in [3.05, 3.63) is 0 Å². The van der Waals surface area contributed by atoms with E-state index in [4.69, 9.17) is 4.74 Å². The minimum atomic E-state index is 0. The molecule has 1 fully saturated rings. The summed E-state index contributed by atoms with van der Waals surface area (Å²) in [6.45, 7) is 10.9. The van der Waals surface area contributed by atoms with Crippen LogP contribution in [0.1, 0.15) is 6.92 Å². The second-order valence-corrected chi connectivity index (χ2v) is 4.80. The van der Waals surface area contributed by atoms with Crippen LogP contribution >= 0.6 is 24.8 Å². The highest BCUT2D eigenvalue weighted by Gasteiger charge is 2.17. The van der Waals surface area contributed by atoms with Gasteiger partial charge in [-0.3, -0.25) is 9.69 Å². The molecule has 1 amide bonds. The molecule has 0 spiro atoms. The molecule has 1 saturated heterocycles. The van der Waals surface area contributed by atoms with Crippen LogP contribution in [0.3, 0.4) is 0 Å². The third-order valence-electron chi connectivity index (χ3n) is 3.39. The number of hydrogen-bond acceptors (Lipinski definition) is 5. The number of methoxy groups -OCH3 is 1. The Hall–Kier alpha value is -0.110. The number of carbonyl (C=O) groups is 1. The molecule has 1 aliphatic heterocycles. The highest BCUT2D eigenvalue weighted by atomic mass is 35.5. The Morgan fingerprint density at radius 2 is 1.67 bits per heavy atom. The van der Waals surface area contributed by atoms with E-state index in [1.165, 1.54) is 0 Å². The van der Waals surface area contributed by atoms with Crippen LogP contribution in [0, 0.1) is 0 Å². The van der Waals surface area contributed by atoms with E-state index in [0.717, 1.165) is 45.8 Å². The summed E-state index contributed by atoms with van der Waals surface area (Å²) in [5, 5.41) is 6.13. The second-order valence-electron chi connectivity index (χ2n) is 4.80. The van der Waals surface area contributed by atoms with Crippen molar-refractivity contribution in [3.8, 4) is 0 Å². The number of carbonyl (C=O) groups excluding carboxylic acids is 1. The summed E-state index contributed by atoms with van der Waals surface area (Å²) in [6.07, 6.45) is 0. The summed E-state index contributed by atoms with van der Waals surface area (Å²) in [7, 11) is 1.68. The van der Waals surface area contributed by atoms with E-state index in [1.807, 2.05) is 0 Å². The molecular formula is C13H30Cl2N4O2. The fraction of sp³-hybridized carbons (Fsp3) is 0.923. The molecule has 1 heterocycles. The maximum Gasteiger partial charge on any atom is 0.234 e. The molecule has 0 aromatic heterocycles. The fourth-order valence-electron chi connectivity index (χ4n) is 2.11. The smallest absolute Gasteiger partial charge is 0.234 e. The van der Waals surface area contributed by atoms with E-state index >= 15 is 0 Å². The molecule has 1 rings (SSSR count). The van der Waals surface area contributed by atoms with Crippen molar-refractivity contribution >= 4 is 30.7 Å². The van der Waals surface area contributed by atoms with Crippen molar-refractivity contribution in [2.24, 2.45) is 0 Å². The summed E-state index contributed by atoms with van der Waals surface area (Å²) in [5.74, 6) is 0.124. The van der Waals surface area contributed by atoms with Crippen LogP contribution in [0.15, 0.2) is 0 Å². The van der Waals surface area contributed by atoms with Crippen molar-refractivity contribution in [3.63, 3.8) is 0 Å². The largest absolute Gasteiger partial charge is 0.383 e. The van der Waals surface area contributed by atoms with Gasteiger partial charge in [0.15, 0.2) is 0 Å². The quantitative estimate of drug-likeness (QED) is 0.568. The van der Waals surface area contributed by atoms with Gasteiger partial charge in [-0.25, -0.2) is 0 Å². The first-order valence-electron chi connectivity index (χ1n) is 7.17. The fourth-order valence-corrected chi connectivity index (χ4v) is 2.11. The Labute approximate surface area is 140 Å². The lowest BCUT2D eigenvalue weighted by Crippen LogP contribution is -2.49. The average Bonchev–Trinajstić information content (AvgIpc) is 2.43. The van der Waals surface area contributed by atoms with Gasteiger partial charge in [0, 0.05) is 52.9 Å². The molecule has 2 N–H and O–H groups in total. The number of rotatable bonds is 9. The van der Waals surface area contributed by atoms with E-state index in [0.29, 0.717) is 19.7 Å². The number of nitrogens with zero attached hydrogens (tertiary/aromatic N) is 2. The minimum Gasteiger partial charge on any atom is -0.383 e. The van der Waals surface area contributed by atoms with Gasteiger partial charge in [0.05, 0.1) is 13.2 Å². The zero-order valence-electron chi connectivity index (χ0n) is 13.1. The van der Waals surface area contributed by atoms with Crippen LogP contribution in [-0.4, -0.2) is 88.3 Å². The molecule has 0 saturated carbocycles. The maximum absolute atomic E-state index is 11.7. The van der Waals surface area contributed by atoms with Crippen LogP contribution < -0.4 is 10.6 Å². The Morgan fingerprint density at radius 1 is 1.05 bits per heavy atom. The molecule has 8 heteroatoms. The third kappa shape index (κ3) is 11.2. The average molecular weight is 345 g/mol. The van der Waals surface area contributed by atoms with Gasteiger partial charge in [0.2, 0.25) is 5.91 Å². The molecule has 6 nitrogen and oxygen atoms in total. The van der Waals surface area contributed by atoms with Crippen molar-refractivity contribution < 1.29 is 9.53 Å². The molecule has 0 aromatic rings. The van der Waals surface area contributed by atoms with Gasteiger partial charge in [-0.1, -0.05) is 6.92 Å². The Bertz CT molecular complexity index is 252. The number of halogens is 2. The molecule has 1 aliphatic rings. The molecule has 128 valence electrons. The highest BCUT2D eigenvalue weighted by molar-refractivity contribution is 5.85. The molecule has 21 heavy (non-hydrogen) atoms. The predicted molar refractivity (Wildman–Crippen MR) is 90.8 cm³/mol. The number of piperazine rings is 1. The van der Waals surface area contributed by atoms with Gasteiger partial charge >= 0.3 is 0 Å². The molecule has 0 aliphatic carbocycles. The summed E-state index contributed by atoms with van der Waals surface area (Å²) in [5.41, 5.74) is 0. The lowest BCUT2D eigenvalue weighted by atomic mass is 10.3. The van der Waals surface area contributed by atoms with Gasteiger partial charge in [0.1, 0.15) is 0 Å². The lowest BCUT2D eigenvalue weighted by molar-refractivity contribution is -0.122. The summed E-state index contributed by atoms with van der Waals surface area (Å²) in [6, 6.07) is 0. The van der Waals surface area contributed by atoms with E-state index in [9.17, 15) is 4.79 Å². The lowest BCUT2D eigenvalue weighted by Gasteiger charge is -2.33. The third-order valence-corrected chi connectivity index (χ3v) is 3.39. The van der Waals surface area contributed by atoms with E-state index in [1.54, 1.807) is 7.11 Å². The van der Waals surface area contributed by atoms with Crippen LogP contribution in [0.4, 0.5) is 0 Å². The van der Waals surface area contributed by atoms with Crippen LogP contribution in [0.2, 0.25) is 0 Å². The number of hydrogen-bond donors (Lipinski definition) is 2. The first-order chi connectivity index (χ1) is 9.26. The monoisotopic (exact) mass is 344 g/mol. The summed E-state index contributed by atoms with van der Waals surface area (Å²) < 4.78 is 4.93. The van der Waals surface area contributed by atoms with Crippen molar-refractivity contribution in [1.29, 1.82) is 0 Å². The van der Waals surface area contributed by atoms with Crippen LogP contribution in [0.25, 0.3) is 0 Å². The Morgan fingerprint density at radius 3 is 2.24 bits per heavy atom. The van der Waals surface area contributed by atoms with Gasteiger partial charge in [-0.15, -0.1) is 24.8 Å². The number of ether oxygens (including phenoxy) is 1. The normalized spacial score (nSPS) is 15.9. The summed E-state index contributed by atoms with van der Waals surface area (Å²) >= 11 is 0. The molecular weight excluding hydrogens is 315 g/mol. The summed E-state index contributed by atoms with van der Waals surface area (Å²) in [4.78, 5) is 16.4. The molecule has 0 atom stereocenters. The van der Waals surface area contributed by atoms with E-state index < -0.39 is 0 Å².